The van der Waals surface area contributed by atoms with Crippen molar-refractivity contribution in [3.05, 3.63) is 22.8 Å². The normalized spacial score (nSPS) is 35.3. The van der Waals surface area contributed by atoms with Gasteiger partial charge in [0.25, 0.3) is 0 Å². The summed E-state index contributed by atoms with van der Waals surface area (Å²) in [6, 6.07) is 0. The number of hydrogen-bond acceptors (Lipinski definition) is 0. The summed E-state index contributed by atoms with van der Waals surface area (Å²) in [4.78, 5) is 0. The average molecular weight is 204 g/mol. The number of rotatable bonds is 1. The summed E-state index contributed by atoms with van der Waals surface area (Å²) in [5, 5.41) is 0. The third kappa shape index (κ3) is 2.04. The molecule has 2 rings (SSSR count). The maximum atomic E-state index is 2.50. The molecule has 0 aromatic heterocycles. The minimum Gasteiger partial charge on any atom is -0.0798 e. The lowest BCUT2D eigenvalue weighted by atomic mass is 9.71. The molecule has 0 saturated heterocycles. The zero-order valence-corrected chi connectivity index (χ0v) is 10.6. The van der Waals surface area contributed by atoms with E-state index < -0.39 is 0 Å². The van der Waals surface area contributed by atoms with Crippen LogP contribution in [0.1, 0.15) is 53.4 Å². The van der Waals surface area contributed by atoms with Crippen LogP contribution in [-0.4, -0.2) is 0 Å². The summed E-state index contributed by atoms with van der Waals surface area (Å²) in [6.07, 6.45) is 8.10. The molecule has 3 unspecified atom stereocenters. The molecule has 0 radical (unpaired) electrons. The Labute approximate surface area is 94.5 Å². The van der Waals surface area contributed by atoms with Crippen molar-refractivity contribution in [3.63, 3.8) is 0 Å². The molecule has 1 saturated carbocycles. The first-order valence-electron chi connectivity index (χ1n) is 6.44. The standard InChI is InChI=1S/C15H24/c1-10(2)9-13-7-5-11(3)14-8-6-12(4)15(13)14/h9,11,13-14H,5-8H2,1-4H3. The quantitative estimate of drug-likeness (QED) is 0.542. The molecule has 0 amide bonds. The highest BCUT2D eigenvalue weighted by molar-refractivity contribution is 5.30. The summed E-state index contributed by atoms with van der Waals surface area (Å²) in [6.45, 7) is 9.27. The molecule has 0 N–H and O–H groups in total. The minimum absolute atomic E-state index is 0.777. The lowest BCUT2D eigenvalue weighted by molar-refractivity contribution is 0.300. The maximum absolute atomic E-state index is 2.50. The van der Waals surface area contributed by atoms with Crippen molar-refractivity contribution in [3.8, 4) is 0 Å². The molecule has 0 heterocycles. The van der Waals surface area contributed by atoms with Gasteiger partial charge in [0.2, 0.25) is 0 Å². The molecular formula is C15H24. The second kappa shape index (κ2) is 4.15. The van der Waals surface area contributed by atoms with Crippen LogP contribution in [-0.2, 0) is 0 Å². The molecule has 84 valence electrons. The second-order valence-electron chi connectivity index (χ2n) is 5.79. The summed E-state index contributed by atoms with van der Waals surface area (Å²) in [7, 11) is 0. The van der Waals surface area contributed by atoms with Gasteiger partial charge in [-0.05, 0) is 64.2 Å². The first-order chi connectivity index (χ1) is 7.09. The zero-order chi connectivity index (χ0) is 11.0. The molecule has 0 heteroatoms. The van der Waals surface area contributed by atoms with Gasteiger partial charge in [0, 0.05) is 0 Å². The average Bonchev–Trinajstić information content (AvgIpc) is 2.54. The van der Waals surface area contributed by atoms with Gasteiger partial charge in [0.05, 0.1) is 0 Å². The van der Waals surface area contributed by atoms with Gasteiger partial charge in [0.15, 0.2) is 0 Å². The Hall–Kier alpha value is -0.520. The summed E-state index contributed by atoms with van der Waals surface area (Å²) >= 11 is 0. The van der Waals surface area contributed by atoms with E-state index in [2.05, 4.69) is 33.8 Å². The van der Waals surface area contributed by atoms with Crippen LogP contribution in [0.4, 0.5) is 0 Å². The summed E-state index contributed by atoms with van der Waals surface area (Å²) in [5.74, 6) is 2.62. The number of fused-ring (bicyclic) bond motifs is 1. The lowest BCUT2D eigenvalue weighted by Crippen LogP contribution is -2.23. The largest absolute Gasteiger partial charge is 0.0798 e. The predicted molar refractivity (Wildman–Crippen MR) is 66.7 cm³/mol. The van der Waals surface area contributed by atoms with Crippen LogP contribution in [0.2, 0.25) is 0 Å². The Morgan fingerprint density at radius 2 is 1.93 bits per heavy atom. The molecule has 2 aliphatic carbocycles. The highest BCUT2D eigenvalue weighted by atomic mass is 14.4. The molecular weight excluding hydrogens is 180 g/mol. The van der Waals surface area contributed by atoms with Gasteiger partial charge in [-0.2, -0.15) is 0 Å². The monoisotopic (exact) mass is 204 g/mol. The second-order valence-corrected chi connectivity index (χ2v) is 5.79. The van der Waals surface area contributed by atoms with Crippen LogP contribution in [0.3, 0.4) is 0 Å². The Balaban J connectivity index is 2.28. The number of allylic oxidation sites excluding steroid dienone is 4. The molecule has 3 atom stereocenters. The first kappa shape index (κ1) is 11.0. The summed E-state index contributed by atoms with van der Waals surface area (Å²) in [5.41, 5.74) is 5.00. The SMILES string of the molecule is CC(C)=CC1CCC(C)C2CCC(C)=C12. The minimum atomic E-state index is 0.777. The van der Waals surface area contributed by atoms with E-state index in [-0.39, 0.29) is 0 Å². The molecule has 1 fully saturated rings. The Morgan fingerprint density at radius 1 is 1.20 bits per heavy atom. The van der Waals surface area contributed by atoms with Crippen molar-refractivity contribution >= 4 is 0 Å². The van der Waals surface area contributed by atoms with E-state index in [4.69, 9.17) is 0 Å². The van der Waals surface area contributed by atoms with Crippen molar-refractivity contribution in [2.45, 2.75) is 53.4 Å². The van der Waals surface area contributed by atoms with E-state index in [0.717, 1.165) is 17.8 Å². The fourth-order valence-corrected chi connectivity index (χ4v) is 3.55. The van der Waals surface area contributed by atoms with Crippen LogP contribution in [0, 0.1) is 17.8 Å². The van der Waals surface area contributed by atoms with Crippen LogP contribution in [0.5, 0.6) is 0 Å². The van der Waals surface area contributed by atoms with E-state index in [1.165, 1.54) is 31.3 Å². The highest BCUT2D eigenvalue weighted by Crippen LogP contribution is 2.48. The van der Waals surface area contributed by atoms with E-state index in [1.54, 1.807) is 5.57 Å². The Morgan fingerprint density at radius 3 is 2.60 bits per heavy atom. The van der Waals surface area contributed by atoms with Crippen LogP contribution < -0.4 is 0 Å². The van der Waals surface area contributed by atoms with Gasteiger partial charge in [0.1, 0.15) is 0 Å². The molecule has 15 heavy (non-hydrogen) atoms. The van der Waals surface area contributed by atoms with Crippen molar-refractivity contribution in [2.24, 2.45) is 17.8 Å². The van der Waals surface area contributed by atoms with Crippen LogP contribution in [0.15, 0.2) is 22.8 Å². The van der Waals surface area contributed by atoms with Gasteiger partial charge < -0.3 is 0 Å². The van der Waals surface area contributed by atoms with Gasteiger partial charge in [-0.1, -0.05) is 29.7 Å². The smallest absolute Gasteiger partial charge is 0.00153 e. The predicted octanol–water partition coefficient (Wildman–Crippen LogP) is 4.73. The zero-order valence-electron chi connectivity index (χ0n) is 10.6. The molecule has 0 nitrogen and oxygen atoms in total. The molecule has 0 aromatic carbocycles. The van der Waals surface area contributed by atoms with Gasteiger partial charge in [-0.15, -0.1) is 0 Å². The van der Waals surface area contributed by atoms with Gasteiger partial charge in [-0.25, -0.2) is 0 Å². The lowest BCUT2D eigenvalue weighted by Gasteiger charge is -2.34. The summed E-state index contributed by atoms with van der Waals surface area (Å²) < 4.78 is 0. The third-order valence-corrected chi connectivity index (χ3v) is 4.28. The van der Waals surface area contributed by atoms with E-state index >= 15 is 0 Å². The fourth-order valence-electron chi connectivity index (χ4n) is 3.55. The van der Waals surface area contributed by atoms with Gasteiger partial charge in [-0.3, -0.25) is 0 Å². The van der Waals surface area contributed by atoms with E-state index in [9.17, 15) is 0 Å². The first-order valence-corrected chi connectivity index (χ1v) is 6.44. The Kier molecular flexibility index (Phi) is 3.04. The topological polar surface area (TPSA) is 0 Å². The molecule has 0 bridgehead atoms. The van der Waals surface area contributed by atoms with Gasteiger partial charge >= 0.3 is 0 Å². The molecule has 0 aliphatic heterocycles. The third-order valence-electron chi connectivity index (χ3n) is 4.28. The Bertz CT molecular complexity index is 302. The van der Waals surface area contributed by atoms with E-state index in [1.807, 2.05) is 5.57 Å². The van der Waals surface area contributed by atoms with Crippen LogP contribution in [0.25, 0.3) is 0 Å². The van der Waals surface area contributed by atoms with Crippen molar-refractivity contribution in [1.82, 2.24) is 0 Å². The van der Waals surface area contributed by atoms with E-state index in [0.29, 0.717) is 0 Å². The molecule has 0 aromatic rings. The highest BCUT2D eigenvalue weighted by Gasteiger charge is 2.35. The fraction of sp³-hybridized carbons (Fsp3) is 0.733. The van der Waals surface area contributed by atoms with Crippen LogP contribution >= 0.6 is 0 Å². The van der Waals surface area contributed by atoms with Crippen molar-refractivity contribution in [2.75, 3.05) is 0 Å². The van der Waals surface area contributed by atoms with Crippen molar-refractivity contribution < 1.29 is 0 Å². The molecule has 0 spiro atoms. The maximum Gasteiger partial charge on any atom is -0.00153 e. The molecule has 2 aliphatic rings. The van der Waals surface area contributed by atoms with Crippen molar-refractivity contribution in [1.29, 1.82) is 0 Å². The number of hydrogen-bond donors (Lipinski definition) is 0.